The third kappa shape index (κ3) is 2.92. The molecule has 1 aliphatic rings. The van der Waals surface area contributed by atoms with Crippen molar-refractivity contribution in [2.24, 2.45) is 5.73 Å². The van der Waals surface area contributed by atoms with E-state index in [1.54, 1.807) is 12.4 Å². The monoisotopic (exact) mass is 236 g/mol. The lowest BCUT2D eigenvalue weighted by atomic mass is 10.1. The lowest BCUT2D eigenvalue weighted by molar-refractivity contribution is -0.0753. The molecule has 5 nitrogen and oxygen atoms in total. The number of anilines is 1. The molecule has 0 spiro atoms. The average molecular weight is 236 g/mol. The number of aromatic nitrogens is 2. The predicted octanol–water partition coefficient (Wildman–Crippen LogP) is 0.939. The molecule has 1 atom stereocenters. The van der Waals surface area contributed by atoms with Gasteiger partial charge in [-0.1, -0.05) is 0 Å². The van der Waals surface area contributed by atoms with Gasteiger partial charge in [-0.15, -0.1) is 0 Å². The minimum Gasteiger partial charge on any atom is -0.369 e. The Kier molecular flexibility index (Phi) is 3.31. The van der Waals surface area contributed by atoms with Crippen LogP contribution in [0.4, 0.5) is 5.95 Å². The van der Waals surface area contributed by atoms with Gasteiger partial charge in [-0.3, -0.25) is 0 Å². The van der Waals surface area contributed by atoms with E-state index < -0.39 is 0 Å². The van der Waals surface area contributed by atoms with Gasteiger partial charge in [-0.25, -0.2) is 9.97 Å². The van der Waals surface area contributed by atoms with Gasteiger partial charge in [0.05, 0.1) is 11.7 Å². The summed E-state index contributed by atoms with van der Waals surface area (Å²) >= 11 is 0. The second kappa shape index (κ2) is 4.58. The number of hydrogen-bond donors (Lipinski definition) is 1. The fraction of sp³-hybridized carbons (Fsp3) is 0.667. The highest BCUT2D eigenvalue weighted by atomic mass is 16.5. The summed E-state index contributed by atoms with van der Waals surface area (Å²) < 4.78 is 5.85. The van der Waals surface area contributed by atoms with Crippen LogP contribution >= 0.6 is 0 Å². The smallest absolute Gasteiger partial charge is 0.225 e. The van der Waals surface area contributed by atoms with Gasteiger partial charge in [0, 0.05) is 37.6 Å². The summed E-state index contributed by atoms with van der Waals surface area (Å²) in [5, 5.41) is 0. The van der Waals surface area contributed by atoms with Crippen LogP contribution in [0.2, 0.25) is 0 Å². The third-order valence-corrected chi connectivity index (χ3v) is 2.78. The molecule has 1 saturated heterocycles. The normalized spacial score (nSPS) is 23.8. The van der Waals surface area contributed by atoms with E-state index in [-0.39, 0.29) is 11.7 Å². The first-order chi connectivity index (χ1) is 8.00. The molecule has 1 fully saturated rings. The van der Waals surface area contributed by atoms with Crippen molar-refractivity contribution in [1.29, 1.82) is 0 Å². The Morgan fingerprint density at radius 3 is 2.65 bits per heavy atom. The first-order valence-corrected chi connectivity index (χ1v) is 5.94. The van der Waals surface area contributed by atoms with Gasteiger partial charge in [-0.05, 0) is 20.8 Å². The summed E-state index contributed by atoms with van der Waals surface area (Å²) in [6, 6.07) is 0. The number of nitrogens with two attached hydrogens (primary N) is 1. The summed E-state index contributed by atoms with van der Waals surface area (Å²) in [6.07, 6.45) is 3.77. The van der Waals surface area contributed by atoms with Crippen molar-refractivity contribution in [3.63, 3.8) is 0 Å². The molecule has 0 aliphatic carbocycles. The molecule has 0 aromatic carbocycles. The third-order valence-electron chi connectivity index (χ3n) is 2.78. The van der Waals surface area contributed by atoms with Crippen molar-refractivity contribution in [2.75, 3.05) is 18.0 Å². The van der Waals surface area contributed by atoms with Gasteiger partial charge in [0.25, 0.3) is 0 Å². The van der Waals surface area contributed by atoms with E-state index in [0.717, 1.165) is 24.6 Å². The summed E-state index contributed by atoms with van der Waals surface area (Å²) in [6.45, 7) is 8.35. The van der Waals surface area contributed by atoms with Crippen molar-refractivity contribution in [2.45, 2.75) is 39.0 Å². The van der Waals surface area contributed by atoms with Crippen molar-refractivity contribution in [1.82, 2.24) is 9.97 Å². The molecule has 94 valence electrons. The summed E-state index contributed by atoms with van der Waals surface area (Å²) in [5.41, 5.74) is 6.32. The maximum absolute atomic E-state index is 5.85. The number of nitrogens with zero attached hydrogens (tertiary/aromatic N) is 3. The molecule has 2 heterocycles. The summed E-state index contributed by atoms with van der Waals surface area (Å²) in [7, 11) is 0. The first-order valence-electron chi connectivity index (χ1n) is 5.94. The molecule has 0 radical (unpaired) electrons. The van der Waals surface area contributed by atoms with Crippen LogP contribution < -0.4 is 10.6 Å². The first kappa shape index (κ1) is 12.3. The SMILES string of the molecule is CC1CN(c2ncc(CN)cn2)CC(C)(C)O1. The van der Waals surface area contributed by atoms with Crippen LogP contribution in [-0.4, -0.2) is 34.8 Å². The van der Waals surface area contributed by atoms with Crippen molar-refractivity contribution < 1.29 is 4.74 Å². The van der Waals surface area contributed by atoms with E-state index in [4.69, 9.17) is 10.5 Å². The predicted molar refractivity (Wildman–Crippen MR) is 66.8 cm³/mol. The number of ether oxygens (including phenoxy) is 1. The fourth-order valence-corrected chi connectivity index (χ4v) is 2.22. The standard InChI is InChI=1S/C12H20N4O/c1-9-7-16(8-12(2,3)17-9)11-14-5-10(4-13)6-15-11/h5-6,9H,4,7-8,13H2,1-3H3. The lowest BCUT2D eigenvalue weighted by Gasteiger charge is -2.41. The van der Waals surface area contributed by atoms with Crippen LogP contribution in [0.15, 0.2) is 12.4 Å². The minimum atomic E-state index is -0.159. The van der Waals surface area contributed by atoms with Gasteiger partial charge in [0.1, 0.15) is 0 Å². The Hall–Kier alpha value is -1.20. The summed E-state index contributed by atoms with van der Waals surface area (Å²) in [5.74, 6) is 0.755. The molecule has 0 bridgehead atoms. The van der Waals surface area contributed by atoms with E-state index in [9.17, 15) is 0 Å². The van der Waals surface area contributed by atoms with E-state index in [1.165, 1.54) is 0 Å². The van der Waals surface area contributed by atoms with E-state index in [0.29, 0.717) is 6.54 Å². The Morgan fingerprint density at radius 1 is 1.47 bits per heavy atom. The molecule has 5 heteroatoms. The second-order valence-corrected chi connectivity index (χ2v) is 5.16. The van der Waals surface area contributed by atoms with Gasteiger partial charge < -0.3 is 15.4 Å². The van der Waals surface area contributed by atoms with Gasteiger partial charge in [0.2, 0.25) is 5.95 Å². The van der Waals surface area contributed by atoms with E-state index >= 15 is 0 Å². The molecule has 2 rings (SSSR count). The topological polar surface area (TPSA) is 64.3 Å². The van der Waals surface area contributed by atoms with E-state index in [1.807, 2.05) is 0 Å². The molecular formula is C12H20N4O. The maximum Gasteiger partial charge on any atom is 0.225 e. The van der Waals surface area contributed by atoms with E-state index in [2.05, 4.69) is 35.6 Å². The van der Waals surface area contributed by atoms with Crippen LogP contribution in [0.3, 0.4) is 0 Å². The molecule has 1 aromatic rings. The minimum absolute atomic E-state index is 0.159. The molecule has 1 aromatic heterocycles. The summed E-state index contributed by atoms with van der Waals surface area (Å²) in [4.78, 5) is 10.9. The van der Waals surface area contributed by atoms with Crippen molar-refractivity contribution >= 4 is 5.95 Å². The highest BCUT2D eigenvalue weighted by Crippen LogP contribution is 2.23. The zero-order valence-corrected chi connectivity index (χ0v) is 10.7. The fourth-order valence-electron chi connectivity index (χ4n) is 2.22. The average Bonchev–Trinajstić information content (AvgIpc) is 2.26. The van der Waals surface area contributed by atoms with Gasteiger partial charge in [-0.2, -0.15) is 0 Å². The number of rotatable bonds is 2. The highest BCUT2D eigenvalue weighted by Gasteiger charge is 2.32. The number of hydrogen-bond acceptors (Lipinski definition) is 5. The molecule has 1 aliphatic heterocycles. The largest absolute Gasteiger partial charge is 0.369 e. The van der Waals surface area contributed by atoms with Crippen molar-refractivity contribution in [3.8, 4) is 0 Å². The lowest BCUT2D eigenvalue weighted by Crippen LogP contribution is -2.52. The second-order valence-electron chi connectivity index (χ2n) is 5.16. The zero-order valence-electron chi connectivity index (χ0n) is 10.7. The molecule has 0 saturated carbocycles. The van der Waals surface area contributed by atoms with Gasteiger partial charge in [0.15, 0.2) is 0 Å². The Labute approximate surface area is 102 Å². The van der Waals surface area contributed by atoms with Crippen LogP contribution in [-0.2, 0) is 11.3 Å². The van der Waals surface area contributed by atoms with Crippen LogP contribution in [0.1, 0.15) is 26.3 Å². The van der Waals surface area contributed by atoms with Crippen LogP contribution in [0.25, 0.3) is 0 Å². The molecular weight excluding hydrogens is 216 g/mol. The van der Waals surface area contributed by atoms with Crippen LogP contribution in [0.5, 0.6) is 0 Å². The number of morpholine rings is 1. The Balaban J connectivity index is 2.15. The Morgan fingerprint density at radius 2 is 2.12 bits per heavy atom. The maximum atomic E-state index is 5.85. The van der Waals surface area contributed by atoms with Crippen molar-refractivity contribution in [3.05, 3.63) is 18.0 Å². The Bertz CT molecular complexity index is 377. The molecule has 2 N–H and O–H groups in total. The zero-order chi connectivity index (χ0) is 12.5. The molecule has 0 amide bonds. The highest BCUT2D eigenvalue weighted by molar-refractivity contribution is 5.31. The van der Waals surface area contributed by atoms with Gasteiger partial charge >= 0.3 is 0 Å². The molecule has 1 unspecified atom stereocenters. The quantitative estimate of drug-likeness (QED) is 0.828. The molecule has 17 heavy (non-hydrogen) atoms. The van der Waals surface area contributed by atoms with Crippen LogP contribution in [0, 0.1) is 0 Å².